The second kappa shape index (κ2) is 18.8. The van der Waals surface area contributed by atoms with Gasteiger partial charge in [0.05, 0.1) is 44.5 Å². The first-order chi connectivity index (χ1) is 27.7. The molecule has 20 heteroatoms. The smallest absolute Gasteiger partial charge is 0.290 e. The predicted molar refractivity (Wildman–Crippen MR) is 204 cm³/mol. The number of hydrogen-bond acceptors (Lipinski definition) is 12. The highest BCUT2D eigenvalue weighted by Gasteiger charge is 2.63. The molecule has 5 rings (SSSR count). The standard InChI is InChI=1S/C38H49N11O9/c1-5-10-24(32(53)35(56)43-20-29(51)45-31(37(58)46(2)3)23-11-7-6-8-12-23)44-34(55)27-17-38(47(4)36(57)26-13-9-16-49(26)38)22-48(27)30(52)21-41-28(50)19-42-33(54)25-18-39-14-15-40-25/h6-8,11-12,14-15,18,24,26-27,31H,5,9-10,13,16-17,19-22H2,1-4H3,(H,41,50)(H,42,54)(H,43,56)(H,44,55)(H,45,51)/t24?,26-,27-,31?,38?/m0/s1. The molecule has 1 spiro atoms. The summed E-state index contributed by atoms with van der Waals surface area (Å²) >= 11 is 0. The number of benzene rings is 1. The van der Waals surface area contributed by atoms with Gasteiger partial charge in [-0.25, -0.2) is 4.98 Å². The summed E-state index contributed by atoms with van der Waals surface area (Å²) in [5.74, 6) is -6.20. The predicted octanol–water partition coefficient (Wildman–Crippen LogP) is -2.53. The normalized spacial score (nSPS) is 20.8. The van der Waals surface area contributed by atoms with E-state index in [4.69, 9.17) is 0 Å². The molecule has 3 aliphatic heterocycles. The van der Waals surface area contributed by atoms with Crippen molar-refractivity contribution in [1.82, 2.24) is 56.2 Å². The Morgan fingerprint density at radius 1 is 0.931 bits per heavy atom. The van der Waals surface area contributed by atoms with Gasteiger partial charge in [0, 0.05) is 46.5 Å². The SMILES string of the molecule is CCCC(NC(=O)[C@@H]1CC2(CN1C(=O)CNC(=O)CNC(=O)c1cnccn1)N(C)C(=O)[C@@H]1CCCN12)C(=O)C(=O)NCC(=O)NC(C(=O)N(C)C)c1ccccc1. The third kappa shape index (κ3) is 9.44. The zero-order valence-electron chi connectivity index (χ0n) is 32.9. The average molecular weight is 804 g/mol. The van der Waals surface area contributed by atoms with Gasteiger partial charge >= 0.3 is 0 Å². The molecule has 3 aliphatic rings. The van der Waals surface area contributed by atoms with E-state index in [9.17, 15) is 43.2 Å². The van der Waals surface area contributed by atoms with Crippen LogP contribution in [0.5, 0.6) is 0 Å². The van der Waals surface area contributed by atoms with Crippen molar-refractivity contribution in [1.29, 1.82) is 0 Å². The van der Waals surface area contributed by atoms with Crippen molar-refractivity contribution >= 4 is 53.0 Å². The van der Waals surface area contributed by atoms with Crippen molar-refractivity contribution in [2.45, 2.75) is 68.9 Å². The largest absolute Gasteiger partial charge is 0.347 e. The van der Waals surface area contributed by atoms with Gasteiger partial charge in [0.15, 0.2) is 0 Å². The molecule has 8 amide bonds. The summed E-state index contributed by atoms with van der Waals surface area (Å²) in [6.45, 7) is 0.573. The molecule has 0 aliphatic carbocycles. The Bertz CT molecular complexity index is 1910. The van der Waals surface area contributed by atoms with Crippen molar-refractivity contribution in [3.05, 3.63) is 60.2 Å². The summed E-state index contributed by atoms with van der Waals surface area (Å²) in [5.41, 5.74) is -0.528. The lowest BCUT2D eigenvalue weighted by Gasteiger charge is -2.38. The molecule has 0 bridgehead atoms. The van der Waals surface area contributed by atoms with Crippen molar-refractivity contribution < 1.29 is 43.2 Å². The summed E-state index contributed by atoms with van der Waals surface area (Å²) in [4.78, 5) is 132. The summed E-state index contributed by atoms with van der Waals surface area (Å²) in [6, 6.07) is 4.51. The number of rotatable bonds is 16. The Hall–Kier alpha value is -6.31. The third-order valence-electron chi connectivity index (χ3n) is 10.6. The van der Waals surface area contributed by atoms with E-state index in [-0.39, 0.29) is 31.0 Å². The Balaban J connectivity index is 1.24. The van der Waals surface area contributed by atoms with E-state index < -0.39 is 96.6 Å². The van der Waals surface area contributed by atoms with Crippen LogP contribution in [-0.2, 0) is 38.4 Å². The van der Waals surface area contributed by atoms with Crippen LogP contribution >= 0.6 is 0 Å². The average Bonchev–Trinajstić information content (AvgIpc) is 3.93. The summed E-state index contributed by atoms with van der Waals surface area (Å²) in [5, 5.41) is 12.3. The molecule has 1 aromatic heterocycles. The second-order valence-corrected chi connectivity index (χ2v) is 14.6. The monoisotopic (exact) mass is 803 g/mol. The number of aromatic nitrogens is 2. The van der Waals surface area contributed by atoms with E-state index in [0.717, 1.165) is 6.42 Å². The summed E-state index contributed by atoms with van der Waals surface area (Å²) < 4.78 is 0. The number of carbonyl (C=O) groups is 9. The zero-order valence-corrected chi connectivity index (χ0v) is 32.9. The molecule has 0 radical (unpaired) electrons. The van der Waals surface area contributed by atoms with Gasteiger partial charge in [-0.05, 0) is 24.8 Å². The molecular weight excluding hydrogens is 754 g/mol. The number of nitrogens with zero attached hydrogens (tertiary/aromatic N) is 6. The molecule has 3 saturated heterocycles. The number of likely N-dealkylation sites (N-methyl/N-ethyl adjacent to an activating group) is 2. The topological polar surface area (TPSA) is 253 Å². The Morgan fingerprint density at radius 2 is 1.66 bits per heavy atom. The van der Waals surface area contributed by atoms with Crippen LogP contribution in [0, 0.1) is 0 Å². The first-order valence-corrected chi connectivity index (χ1v) is 19.0. The lowest BCUT2D eigenvalue weighted by Crippen LogP contribution is -2.55. The molecule has 0 saturated carbocycles. The van der Waals surface area contributed by atoms with Crippen LogP contribution in [0.15, 0.2) is 48.9 Å². The molecule has 2 aromatic rings. The molecular formula is C38H49N11O9. The minimum atomic E-state index is -1.33. The fourth-order valence-electron chi connectivity index (χ4n) is 7.60. The van der Waals surface area contributed by atoms with E-state index in [0.29, 0.717) is 24.9 Å². The molecule has 310 valence electrons. The number of likely N-dealkylation sites (tertiary alicyclic amines) is 1. The number of ketones is 1. The molecule has 58 heavy (non-hydrogen) atoms. The fourth-order valence-corrected chi connectivity index (χ4v) is 7.60. The number of Topliss-reactive ketones (excluding diaryl/α,β-unsaturated/α-hetero) is 1. The van der Waals surface area contributed by atoms with Gasteiger partial charge in [-0.2, -0.15) is 0 Å². The minimum Gasteiger partial charge on any atom is -0.347 e. The minimum absolute atomic E-state index is 0.000912. The summed E-state index contributed by atoms with van der Waals surface area (Å²) in [6.07, 6.45) is 5.71. The Kier molecular flexibility index (Phi) is 13.8. The Labute approximate surface area is 334 Å². The van der Waals surface area contributed by atoms with E-state index in [2.05, 4.69) is 36.6 Å². The number of nitrogens with one attached hydrogen (secondary N) is 5. The molecule has 3 fully saturated rings. The van der Waals surface area contributed by atoms with Crippen molar-refractivity contribution in [2.24, 2.45) is 0 Å². The lowest BCUT2D eigenvalue weighted by atomic mass is 10.0. The van der Waals surface area contributed by atoms with Crippen LogP contribution in [0.4, 0.5) is 0 Å². The molecule has 3 unspecified atom stereocenters. The molecule has 1 aromatic carbocycles. The number of carbonyl (C=O) groups excluding carboxylic acids is 9. The molecule has 20 nitrogen and oxygen atoms in total. The number of fused-ring (bicyclic) bond motifs is 2. The lowest BCUT2D eigenvalue weighted by molar-refractivity contribution is -0.142. The van der Waals surface area contributed by atoms with Gasteiger partial charge in [0.25, 0.3) is 11.8 Å². The van der Waals surface area contributed by atoms with Gasteiger partial charge < -0.3 is 41.3 Å². The van der Waals surface area contributed by atoms with E-state index >= 15 is 0 Å². The van der Waals surface area contributed by atoms with Crippen LogP contribution < -0.4 is 26.6 Å². The van der Waals surface area contributed by atoms with Crippen LogP contribution in [0.2, 0.25) is 0 Å². The van der Waals surface area contributed by atoms with Crippen molar-refractivity contribution in [3.63, 3.8) is 0 Å². The van der Waals surface area contributed by atoms with Crippen LogP contribution in [0.1, 0.15) is 61.1 Å². The van der Waals surface area contributed by atoms with Crippen molar-refractivity contribution in [2.75, 3.05) is 53.9 Å². The zero-order chi connectivity index (χ0) is 42.1. The first-order valence-electron chi connectivity index (χ1n) is 19.0. The highest BCUT2D eigenvalue weighted by Crippen LogP contribution is 2.44. The maximum Gasteiger partial charge on any atom is 0.290 e. The molecule has 5 atom stereocenters. The van der Waals surface area contributed by atoms with E-state index in [1.165, 1.54) is 42.5 Å². The van der Waals surface area contributed by atoms with Crippen LogP contribution in [-0.4, -0.2) is 160 Å². The molecule has 4 heterocycles. The van der Waals surface area contributed by atoms with Gasteiger partial charge in [0.2, 0.25) is 41.2 Å². The number of hydrogen-bond donors (Lipinski definition) is 5. The second-order valence-electron chi connectivity index (χ2n) is 14.6. The van der Waals surface area contributed by atoms with Gasteiger partial charge in [-0.15, -0.1) is 0 Å². The molecule has 5 N–H and O–H groups in total. The van der Waals surface area contributed by atoms with Crippen molar-refractivity contribution in [3.8, 4) is 0 Å². The number of amides is 8. The van der Waals surface area contributed by atoms with Crippen LogP contribution in [0.25, 0.3) is 0 Å². The fraction of sp³-hybridized carbons (Fsp3) is 0.500. The van der Waals surface area contributed by atoms with Gasteiger partial charge in [-0.1, -0.05) is 43.7 Å². The highest BCUT2D eigenvalue weighted by atomic mass is 16.2. The first kappa shape index (κ1) is 42.8. The maximum absolute atomic E-state index is 14.1. The Morgan fingerprint density at radius 3 is 2.33 bits per heavy atom. The highest BCUT2D eigenvalue weighted by molar-refractivity contribution is 6.38. The van der Waals surface area contributed by atoms with E-state index in [1.807, 2.05) is 4.90 Å². The maximum atomic E-state index is 14.1. The van der Waals surface area contributed by atoms with E-state index in [1.54, 1.807) is 49.2 Å². The quantitative estimate of drug-likeness (QED) is 0.110. The summed E-state index contributed by atoms with van der Waals surface area (Å²) in [7, 11) is 4.69. The van der Waals surface area contributed by atoms with Gasteiger partial charge in [0.1, 0.15) is 23.4 Å². The van der Waals surface area contributed by atoms with Crippen LogP contribution in [0.3, 0.4) is 0 Å². The third-order valence-corrected chi connectivity index (χ3v) is 10.6. The van der Waals surface area contributed by atoms with Gasteiger partial charge in [-0.3, -0.25) is 53.0 Å².